The second kappa shape index (κ2) is 2.84. The van der Waals surface area contributed by atoms with Crippen LogP contribution in [0.15, 0.2) is 21.9 Å². The predicted octanol–water partition coefficient (Wildman–Crippen LogP) is 4.83. The lowest BCUT2D eigenvalue weighted by molar-refractivity contribution is 0.669. The molecule has 0 aliphatic rings. The first-order valence-electron chi connectivity index (χ1n) is 4.65. The second-order valence-electron chi connectivity index (χ2n) is 3.71. The maximum absolute atomic E-state index is 5.74. The van der Waals surface area contributed by atoms with Gasteiger partial charge in [-0.25, -0.2) is 0 Å². The van der Waals surface area contributed by atoms with Crippen LogP contribution in [0.5, 0.6) is 0 Å². The molecule has 0 spiro atoms. The second-order valence-corrected chi connectivity index (χ2v) is 5.71. The Morgan fingerprint density at radius 2 is 2.07 bits per heavy atom. The van der Waals surface area contributed by atoms with Crippen molar-refractivity contribution in [2.75, 3.05) is 0 Å². The molecule has 0 fully saturated rings. The van der Waals surface area contributed by atoms with E-state index in [2.05, 4.69) is 25.3 Å². The molecular weight excluding hydrogens is 212 g/mol. The minimum atomic E-state index is 0.595. The minimum Gasteiger partial charge on any atom is -0.454 e. The van der Waals surface area contributed by atoms with Crippen LogP contribution in [-0.2, 0) is 0 Å². The van der Waals surface area contributed by atoms with Crippen LogP contribution in [-0.4, -0.2) is 0 Å². The van der Waals surface area contributed by atoms with Gasteiger partial charge in [-0.3, -0.25) is 0 Å². The molecule has 3 rings (SSSR count). The highest BCUT2D eigenvalue weighted by atomic mass is 32.1. The monoisotopic (exact) mass is 222 g/mol. The molecule has 0 saturated heterocycles. The summed E-state index contributed by atoms with van der Waals surface area (Å²) in [5.41, 5.74) is 2.09. The zero-order valence-corrected chi connectivity index (χ0v) is 9.67. The molecule has 3 heteroatoms. The summed E-state index contributed by atoms with van der Waals surface area (Å²) in [6.45, 7) is 4.44. The molecule has 0 radical (unpaired) electrons. The maximum atomic E-state index is 5.74. The molecular formula is C11H10OS2. The molecule has 3 heterocycles. The largest absolute Gasteiger partial charge is 0.454 e. The lowest BCUT2D eigenvalue weighted by Gasteiger charge is -1.96. The first kappa shape index (κ1) is 8.50. The smallest absolute Gasteiger partial charge is 0.147 e. The van der Waals surface area contributed by atoms with Crippen molar-refractivity contribution in [2.24, 2.45) is 0 Å². The lowest BCUT2D eigenvalue weighted by atomic mass is 10.2. The van der Waals surface area contributed by atoms with Crippen LogP contribution in [0.25, 0.3) is 20.6 Å². The van der Waals surface area contributed by atoms with Crippen molar-refractivity contribution in [1.82, 2.24) is 0 Å². The van der Waals surface area contributed by atoms with Crippen LogP contribution < -0.4 is 0 Å². The van der Waals surface area contributed by atoms with E-state index >= 15 is 0 Å². The van der Waals surface area contributed by atoms with Crippen molar-refractivity contribution in [3.8, 4) is 0 Å². The van der Waals surface area contributed by atoms with Crippen molar-refractivity contribution in [1.29, 1.82) is 0 Å². The Labute approximate surface area is 90.0 Å². The minimum absolute atomic E-state index is 0.595. The Bertz CT molecular complexity index is 583. The van der Waals surface area contributed by atoms with Gasteiger partial charge >= 0.3 is 0 Å². The highest BCUT2D eigenvalue weighted by Gasteiger charge is 2.13. The van der Waals surface area contributed by atoms with E-state index in [1.165, 1.54) is 14.3 Å². The van der Waals surface area contributed by atoms with E-state index < -0.39 is 0 Å². The topological polar surface area (TPSA) is 13.1 Å². The van der Waals surface area contributed by atoms with Gasteiger partial charge in [-0.2, -0.15) is 0 Å². The Balaban J connectivity index is 2.37. The molecule has 0 saturated carbocycles. The fraction of sp³-hybridized carbons (Fsp3) is 0.273. The van der Waals surface area contributed by atoms with Crippen LogP contribution in [0.3, 0.4) is 0 Å². The first-order chi connectivity index (χ1) is 6.75. The van der Waals surface area contributed by atoms with Crippen molar-refractivity contribution < 1.29 is 4.42 Å². The normalized spacial score (nSPS) is 12.2. The number of hydrogen-bond acceptors (Lipinski definition) is 3. The summed E-state index contributed by atoms with van der Waals surface area (Å²) in [5, 5.41) is 2.09. The summed E-state index contributed by atoms with van der Waals surface area (Å²) in [6.07, 6.45) is 0. The third-order valence-electron chi connectivity index (χ3n) is 2.34. The molecule has 0 N–H and O–H groups in total. The van der Waals surface area contributed by atoms with Gasteiger partial charge in [-0.1, -0.05) is 13.8 Å². The lowest BCUT2D eigenvalue weighted by Crippen LogP contribution is -1.77. The zero-order valence-electron chi connectivity index (χ0n) is 8.03. The van der Waals surface area contributed by atoms with Gasteiger partial charge in [0.05, 0.1) is 9.40 Å². The molecule has 14 heavy (non-hydrogen) atoms. The predicted molar refractivity (Wildman–Crippen MR) is 63.6 cm³/mol. The number of furan rings is 1. The third-order valence-corrected chi connectivity index (χ3v) is 4.82. The van der Waals surface area contributed by atoms with E-state index in [0.717, 1.165) is 11.2 Å². The van der Waals surface area contributed by atoms with Crippen molar-refractivity contribution in [3.63, 3.8) is 0 Å². The fourth-order valence-electron chi connectivity index (χ4n) is 1.57. The van der Waals surface area contributed by atoms with Gasteiger partial charge in [0, 0.05) is 4.88 Å². The highest BCUT2D eigenvalue weighted by Crippen LogP contribution is 2.40. The summed E-state index contributed by atoms with van der Waals surface area (Å²) in [6, 6.07) is 4.22. The van der Waals surface area contributed by atoms with Gasteiger partial charge in [0.25, 0.3) is 0 Å². The molecule has 3 aromatic heterocycles. The third kappa shape index (κ3) is 1.06. The van der Waals surface area contributed by atoms with Gasteiger partial charge < -0.3 is 4.42 Å². The summed E-state index contributed by atoms with van der Waals surface area (Å²) in [5.74, 6) is 0.595. The van der Waals surface area contributed by atoms with E-state index in [0.29, 0.717) is 5.92 Å². The van der Waals surface area contributed by atoms with Crippen molar-refractivity contribution in [2.45, 2.75) is 19.8 Å². The number of fused-ring (bicyclic) bond motifs is 3. The fourth-order valence-corrected chi connectivity index (χ4v) is 3.64. The SMILES string of the molecule is CC(C)c1cc2oc3ccsc3c2s1. The van der Waals surface area contributed by atoms with Crippen molar-refractivity contribution in [3.05, 3.63) is 22.4 Å². The van der Waals surface area contributed by atoms with Gasteiger partial charge in [0.15, 0.2) is 0 Å². The molecule has 0 aliphatic carbocycles. The van der Waals surface area contributed by atoms with E-state index in [-0.39, 0.29) is 0 Å². The van der Waals surface area contributed by atoms with Gasteiger partial charge in [-0.15, -0.1) is 22.7 Å². The average Bonchev–Trinajstić information content (AvgIpc) is 2.70. The number of hydrogen-bond donors (Lipinski definition) is 0. The van der Waals surface area contributed by atoms with Gasteiger partial charge in [0.1, 0.15) is 11.2 Å². The van der Waals surface area contributed by atoms with Gasteiger partial charge in [0.2, 0.25) is 0 Å². The molecule has 0 aromatic carbocycles. The van der Waals surface area contributed by atoms with Crippen LogP contribution in [0.1, 0.15) is 24.6 Å². The standard InChI is InChI=1S/C11H10OS2/c1-6(2)9-5-8-11(14-9)10-7(12-8)3-4-13-10/h3-6H,1-2H3. The number of rotatable bonds is 1. The first-order valence-corrected chi connectivity index (χ1v) is 6.35. The molecule has 0 atom stereocenters. The summed E-state index contributed by atoms with van der Waals surface area (Å²) >= 11 is 3.63. The molecule has 0 amide bonds. The summed E-state index contributed by atoms with van der Waals surface area (Å²) in [7, 11) is 0. The van der Waals surface area contributed by atoms with E-state index in [1.54, 1.807) is 11.3 Å². The molecule has 72 valence electrons. The Hall–Kier alpha value is -0.800. The van der Waals surface area contributed by atoms with Crippen LogP contribution in [0.4, 0.5) is 0 Å². The number of thiophene rings is 2. The Kier molecular flexibility index (Phi) is 1.73. The molecule has 3 aromatic rings. The molecule has 0 aliphatic heterocycles. The van der Waals surface area contributed by atoms with Crippen LogP contribution in [0, 0.1) is 0 Å². The molecule has 0 bridgehead atoms. The average molecular weight is 222 g/mol. The summed E-state index contributed by atoms with van der Waals surface area (Å²) < 4.78 is 8.36. The van der Waals surface area contributed by atoms with E-state index in [4.69, 9.17) is 4.42 Å². The Morgan fingerprint density at radius 3 is 2.86 bits per heavy atom. The molecule has 1 nitrogen and oxygen atoms in total. The van der Waals surface area contributed by atoms with E-state index in [1.807, 2.05) is 17.4 Å². The van der Waals surface area contributed by atoms with Gasteiger partial charge in [-0.05, 0) is 23.4 Å². The Morgan fingerprint density at radius 1 is 1.21 bits per heavy atom. The molecule has 0 unspecified atom stereocenters. The highest BCUT2D eigenvalue weighted by molar-refractivity contribution is 7.26. The van der Waals surface area contributed by atoms with Crippen LogP contribution >= 0.6 is 22.7 Å². The quantitative estimate of drug-likeness (QED) is 0.574. The van der Waals surface area contributed by atoms with Crippen molar-refractivity contribution >= 4 is 43.2 Å². The van der Waals surface area contributed by atoms with E-state index in [9.17, 15) is 0 Å². The zero-order chi connectivity index (χ0) is 9.71. The maximum Gasteiger partial charge on any atom is 0.147 e. The van der Waals surface area contributed by atoms with Crippen LogP contribution in [0.2, 0.25) is 0 Å². The summed E-state index contributed by atoms with van der Waals surface area (Å²) in [4.78, 5) is 1.41.